The van der Waals surface area contributed by atoms with Crippen LogP contribution in [0.4, 0.5) is 17.1 Å². The molecule has 0 bridgehead atoms. The molecule has 53 heavy (non-hydrogen) atoms. The number of hydrogen-bond acceptors (Lipinski definition) is 2. The zero-order valence-electron chi connectivity index (χ0n) is 29.8. The second-order valence-electron chi connectivity index (χ2n) is 14.6. The smallest absolute Gasteiger partial charge is 0.0462 e. The highest BCUT2D eigenvalue weighted by Crippen LogP contribution is 2.49. The predicted octanol–water partition coefficient (Wildman–Crippen LogP) is 14.8. The summed E-state index contributed by atoms with van der Waals surface area (Å²) in [5.41, 5.74) is 16.3. The largest absolute Gasteiger partial charge is 0.311 e. The number of hydrogen-bond donors (Lipinski definition) is 0. The number of fused-ring (bicyclic) bond motifs is 6. The van der Waals surface area contributed by atoms with E-state index >= 15 is 0 Å². The second-order valence-corrected chi connectivity index (χ2v) is 15.7. The molecule has 2 heteroatoms. The number of benzene rings is 8. The van der Waals surface area contributed by atoms with Crippen LogP contribution in [0, 0.1) is 0 Å². The highest BCUT2D eigenvalue weighted by molar-refractivity contribution is 7.25. The van der Waals surface area contributed by atoms with Crippen LogP contribution in [0.25, 0.3) is 64.7 Å². The molecule has 0 atom stereocenters. The normalized spacial score (nSPS) is 12.9. The number of rotatable bonds is 6. The molecule has 0 radical (unpaired) electrons. The Morgan fingerprint density at radius 3 is 1.53 bits per heavy atom. The molecule has 0 spiro atoms. The quantitative estimate of drug-likeness (QED) is 0.167. The Hall–Kier alpha value is -6.22. The maximum atomic E-state index is 2.38. The maximum absolute atomic E-state index is 2.38. The van der Waals surface area contributed by atoms with Crippen LogP contribution in [0.2, 0.25) is 0 Å². The highest BCUT2D eigenvalue weighted by atomic mass is 32.1. The van der Waals surface area contributed by atoms with Crippen molar-refractivity contribution >= 4 is 48.6 Å². The summed E-state index contributed by atoms with van der Waals surface area (Å²) in [4.78, 5) is 2.33. The van der Waals surface area contributed by atoms with Crippen LogP contribution in [0.5, 0.6) is 0 Å². The summed E-state index contributed by atoms with van der Waals surface area (Å²) in [6.45, 7) is 4.67. The number of anilines is 3. The van der Waals surface area contributed by atoms with Crippen LogP contribution in [0.3, 0.4) is 0 Å². The number of para-hydroxylation sites is 1. The minimum absolute atomic E-state index is 0.0234. The van der Waals surface area contributed by atoms with Crippen LogP contribution >= 0.6 is 11.3 Å². The fourth-order valence-corrected chi connectivity index (χ4v) is 9.38. The zero-order chi connectivity index (χ0) is 35.5. The van der Waals surface area contributed by atoms with Crippen LogP contribution in [0.1, 0.15) is 25.0 Å². The van der Waals surface area contributed by atoms with Gasteiger partial charge in [0, 0.05) is 42.6 Å². The molecule has 0 unspecified atom stereocenters. The third-order valence-corrected chi connectivity index (χ3v) is 12.3. The van der Waals surface area contributed by atoms with Crippen LogP contribution in [-0.4, -0.2) is 0 Å². The highest BCUT2D eigenvalue weighted by Gasteiger charge is 2.35. The van der Waals surface area contributed by atoms with Crippen LogP contribution < -0.4 is 4.90 Å². The molecular weight excluding hydrogens is 659 g/mol. The summed E-state index contributed by atoms with van der Waals surface area (Å²) < 4.78 is 2.67. The lowest BCUT2D eigenvalue weighted by Crippen LogP contribution is -2.14. The maximum Gasteiger partial charge on any atom is 0.0462 e. The van der Waals surface area contributed by atoms with Crippen molar-refractivity contribution < 1.29 is 0 Å². The molecule has 252 valence electrons. The first kappa shape index (κ1) is 31.5. The standard InChI is InChI=1S/C51H37NS/c1-51(2)47-14-8-6-12-43(47)45-32-38(24-30-48(45)51)36-18-16-34(17-19-36)35-20-26-41(27-21-35)52(40-10-4-3-5-11-40)42-28-22-37(23-29-42)39-25-31-50-46(33-39)44-13-7-9-15-49(44)53-50/h3-33H,1-2H3. The van der Waals surface area contributed by atoms with Gasteiger partial charge in [-0.25, -0.2) is 0 Å². The van der Waals surface area contributed by atoms with E-state index < -0.39 is 0 Å². The van der Waals surface area contributed by atoms with E-state index in [-0.39, 0.29) is 5.41 Å². The summed E-state index contributed by atoms with van der Waals surface area (Å²) in [5, 5.41) is 2.65. The second kappa shape index (κ2) is 12.5. The first-order valence-corrected chi connectivity index (χ1v) is 19.2. The van der Waals surface area contributed by atoms with Gasteiger partial charge >= 0.3 is 0 Å². The topological polar surface area (TPSA) is 3.24 Å². The van der Waals surface area contributed by atoms with E-state index in [0.29, 0.717) is 0 Å². The molecule has 0 amide bonds. The van der Waals surface area contributed by atoms with Gasteiger partial charge in [-0.1, -0.05) is 141 Å². The van der Waals surface area contributed by atoms with Gasteiger partial charge in [-0.15, -0.1) is 11.3 Å². The van der Waals surface area contributed by atoms with Gasteiger partial charge in [0.25, 0.3) is 0 Å². The summed E-state index contributed by atoms with van der Waals surface area (Å²) >= 11 is 1.86. The molecule has 0 saturated heterocycles. The van der Waals surface area contributed by atoms with Crippen molar-refractivity contribution in [2.45, 2.75) is 19.3 Å². The van der Waals surface area contributed by atoms with Gasteiger partial charge in [-0.05, 0) is 116 Å². The van der Waals surface area contributed by atoms with Gasteiger partial charge in [0.2, 0.25) is 0 Å². The van der Waals surface area contributed by atoms with Gasteiger partial charge in [-0.3, -0.25) is 0 Å². The molecule has 10 rings (SSSR count). The molecule has 1 heterocycles. The molecule has 1 nitrogen and oxygen atoms in total. The van der Waals surface area contributed by atoms with E-state index in [2.05, 4.69) is 207 Å². The molecule has 1 aromatic heterocycles. The first-order valence-electron chi connectivity index (χ1n) is 18.3. The van der Waals surface area contributed by atoms with Crippen LogP contribution in [0.15, 0.2) is 188 Å². The molecule has 0 fully saturated rings. The lowest BCUT2D eigenvalue weighted by Gasteiger charge is -2.26. The van der Waals surface area contributed by atoms with Gasteiger partial charge in [0.15, 0.2) is 0 Å². The Morgan fingerprint density at radius 2 is 0.830 bits per heavy atom. The van der Waals surface area contributed by atoms with Crippen molar-refractivity contribution in [2.75, 3.05) is 4.90 Å². The Balaban J connectivity index is 0.932. The third-order valence-electron chi connectivity index (χ3n) is 11.1. The molecule has 1 aliphatic rings. The van der Waals surface area contributed by atoms with Crippen molar-refractivity contribution in [1.29, 1.82) is 0 Å². The third kappa shape index (κ3) is 5.37. The average molecular weight is 696 g/mol. The summed E-state index contributed by atoms with van der Waals surface area (Å²) in [5.74, 6) is 0. The Bertz CT molecular complexity index is 2770. The van der Waals surface area contributed by atoms with Crippen molar-refractivity contribution in [2.24, 2.45) is 0 Å². The SMILES string of the molecule is CC1(C)c2ccccc2-c2cc(-c3ccc(-c4ccc(N(c5ccccc5)c5ccc(-c6ccc7sc8ccccc8c7c6)cc5)cc4)cc3)ccc21. The Morgan fingerprint density at radius 1 is 0.358 bits per heavy atom. The molecule has 1 aliphatic carbocycles. The van der Waals surface area contributed by atoms with Crippen molar-refractivity contribution in [3.8, 4) is 44.5 Å². The number of thiophene rings is 1. The van der Waals surface area contributed by atoms with Gasteiger partial charge in [0.1, 0.15) is 0 Å². The van der Waals surface area contributed by atoms with E-state index in [0.717, 1.165) is 17.1 Å². The van der Waals surface area contributed by atoms with Crippen LogP contribution in [-0.2, 0) is 5.41 Å². The van der Waals surface area contributed by atoms with Gasteiger partial charge in [0.05, 0.1) is 0 Å². The summed E-state index contributed by atoms with van der Waals surface area (Å²) in [7, 11) is 0. The number of nitrogens with zero attached hydrogens (tertiary/aromatic N) is 1. The molecule has 8 aromatic carbocycles. The van der Waals surface area contributed by atoms with Gasteiger partial charge < -0.3 is 4.90 Å². The van der Waals surface area contributed by atoms with E-state index in [1.54, 1.807) is 0 Å². The fourth-order valence-electron chi connectivity index (χ4n) is 8.29. The Kier molecular flexibility index (Phi) is 7.42. The van der Waals surface area contributed by atoms with Crippen molar-refractivity contribution in [3.05, 3.63) is 199 Å². The minimum atomic E-state index is 0.0234. The van der Waals surface area contributed by atoms with E-state index in [4.69, 9.17) is 0 Å². The zero-order valence-corrected chi connectivity index (χ0v) is 30.6. The van der Waals surface area contributed by atoms with Gasteiger partial charge in [-0.2, -0.15) is 0 Å². The lowest BCUT2D eigenvalue weighted by molar-refractivity contribution is 0.660. The minimum Gasteiger partial charge on any atom is -0.311 e. The molecule has 0 aliphatic heterocycles. The monoisotopic (exact) mass is 695 g/mol. The van der Waals surface area contributed by atoms with Crippen molar-refractivity contribution in [3.63, 3.8) is 0 Å². The molecule has 9 aromatic rings. The lowest BCUT2D eigenvalue weighted by atomic mass is 9.82. The first-order chi connectivity index (χ1) is 26.0. The van der Waals surface area contributed by atoms with E-state index in [1.165, 1.54) is 75.8 Å². The fraction of sp³-hybridized carbons (Fsp3) is 0.0588. The van der Waals surface area contributed by atoms with Crippen molar-refractivity contribution in [1.82, 2.24) is 0 Å². The summed E-state index contributed by atoms with van der Waals surface area (Å²) in [6.07, 6.45) is 0. The predicted molar refractivity (Wildman–Crippen MR) is 228 cm³/mol. The Labute approximate surface area is 315 Å². The van der Waals surface area contributed by atoms with E-state index in [9.17, 15) is 0 Å². The summed E-state index contributed by atoms with van der Waals surface area (Å²) in [6, 6.07) is 69.0. The molecular formula is C51H37NS. The molecule has 0 saturated carbocycles. The van der Waals surface area contributed by atoms with E-state index in [1.807, 2.05) is 11.3 Å². The molecule has 0 N–H and O–H groups in total. The average Bonchev–Trinajstić information content (AvgIpc) is 3.70.